The van der Waals surface area contributed by atoms with Gasteiger partial charge in [0.05, 0.1) is 6.10 Å². The zero-order chi connectivity index (χ0) is 13.0. The predicted molar refractivity (Wildman–Crippen MR) is 76.1 cm³/mol. The molecule has 1 fully saturated rings. The van der Waals surface area contributed by atoms with Crippen LogP contribution in [0.1, 0.15) is 18.4 Å². The minimum Gasteiger partial charge on any atom is -0.378 e. The molecule has 0 bridgehead atoms. The lowest BCUT2D eigenvalue weighted by Gasteiger charge is -2.21. The van der Waals surface area contributed by atoms with Crippen LogP contribution in [0.15, 0.2) is 24.3 Å². The minimum absolute atomic E-state index is 0.441. The van der Waals surface area contributed by atoms with Crippen molar-refractivity contribution >= 4 is 5.69 Å². The summed E-state index contributed by atoms with van der Waals surface area (Å²) in [6, 6.07) is 8.77. The summed E-state index contributed by atoms with van der Waals surface area (Å²) in [4.78, 5) is 4.47. The Morgan fingerprint density at radius 1 is 1.17 bits per heavy atom. The first-order chi connectivity index (χ1) is 8.65. The zero-order valence-corrected chi connectivity index (χ0v) is 11.7. The molecule has 1 saturated heterocycles. The maximum absolute atomic E-state index is 5.66. The fraction of sp³-hybridized carbons (Fsp3) is 0.600. The third kappa shape index (κ3) is 3.72. The fourth-order valence-electron chi connectivity index (χ4n) is 2.41. The van der Waals surface area contributed by atoms with E-state index in [9.17, 15) is 0 Å². The molecule has 18 heavy (non-hydrogen) atoms. The molecule has 1 aliphatic heterocycles. The quantitative estimate of drug-likeness (QED) is 0.795. The largest absolute Gasteiger partial charge is 0.378 e. The number of likely N-dealkylation sites (N-methyl/N-ethyl adjacent to an activating group) is 1. The molecule has 1 atom stereocenters. The van der Waals surface area contributed by atoms with E-state index in [4.69, 9.17) is 4.74 Å². The van der Waals surface area contributed by atoms with Gasteiger partial charge in [-0.05, 0) is 37.6 Å². The second-order valence-electron chi connectivity index (χ2n) is 5.39. The zero-order valence-electron chi connectivity index (χ0n) is 11.7. The van der Waals surface area contributed by atoms with Gasteiger partial charge in [0, 0.05) is 39.5 Å². The van der Waals surface area contributed by atoms with Crippen molar-refractivity contribution in [3.63, 3.8) is 0 Å². The monoisotopic (exact) mass is 248 g/mol. The van der Waals surface area contributed by atoms with Crippen molar-refractivity contribution in [3.05, 3.63) is 29.8 Å². The Hall–Kier alpha value is -1.06. The van der Waals surface area contributed by atoms with Crippen molar-refractivity contribution in [2.45, 2.75) is 25.5 Å². The first-order valence-corrected chi connectivity index (χ1v) is 6.71. The number of nitrogens with zero attached hydrogens (tertiary/aromatic N) is 2. The molecule has 100 valence electrons. The number of rotatable bonds is 5. The Morgan fingerprint density at radius 2 is 1.89 bits per heavy atom. The van der Waals surface area contributed by atoms with Crippen molar-refractivity contribution in [2.24, 2.45) is 0 Å². The van der Waals surface area contributed by atoms with E-state index in [1.54, 1.807) is 0 Å². The van der Waals surface area contributed by atoms with Crippen molar-refractivity contribution in [1.82, 2.24) is 4.90 Å². The third-order valence-corrected chi connectivity index (χ3v) is 3.44. The Labute approximate surface area is 110 Å². The Kier molecular flexibility index (Phi) is 4.61. The van der Waals surface area contributed by atoms with E-state index in [0.29, 0.717) is 6.10 Å². The Morgan fingerprint density at radius 3 is 2.44 bits per heavy atom. The lowest BCUT2D eigenvalue weighted by atomic mass is 10.1. The lowest BCUT2D eigenvalue weighted by Crippen LogP contribution is -2.28. The van der Waals surface area contributed by atoms with Crippen LogP contribution in [0.5, 0.6) is 0 Å². The predicted octanol–water partition coefficient (Wildman–Crippen LogP) is 2.36. The van der Waals surface area contributed by atoms with Gasteiger partial charge in [0.15, 0.2) is 0 Å². The summed E-state index contributed by atoms with van der Waals surface area (Å²) in [6.07, 6.45) is 2.87. The van der Waals surface area contributed by atoms with Gasteiger partial charge in [-0.3, -0.25) is 4.90 Å². The molecule has 0 saturated carbocycles. The third-order valence-electron chi connectivity index (χ3n) is 3.44. The molecule has 1 unspecified atom stereocenters. The van der Waals surface area contributed by atoms with Crippen LogP contribution in [-0.2, 0) is 11.3 Å². The molecule has 3 heteroatoms. The van der Waals surface area contributed by atoms with Crippen molar-refractivity contribution in [3.8, 4) is 0 Å². The SMILES string of the molecule is CN(Cc1ccc(N(C)C)cc1)CC1CCCO1. The van der Waals surface area contributed by atoms with Gasteiger partial charge in [-0.15, -0.1) is 0 Å². The van der Waals surface area contributed by atoms with Crippen LogP contribution in [0.3, 0.4) is 0 Å². The molecule has 1 heterocycles. The molecule has 0 aromatic heterocycles. The molecular formula is C15H24N2O. The first kappa shape index (κ1) is 13.4. The average molecular weight is 248 g/mol. The van der Waals surface area contributed by atoms with Crippen LogP contribution in [0.2, 0.25) is 0 Å². The highest BCUT2D eigenvalue weighted by molar-refractivity contribution is 5.45. The minimum atomic E-state index is 0.441. The van der Waals surface area contributed by atoms with E-state index in [2.05, 4.69) is 55.2 Å². The molecule has 1 aromatic rings. The van der Waals surface area contributed by atoms with E-state index in [0.717, 1.165) is 19.7 Å². The van der Waals surface area contributed by atoms with Gasteiger partial charge in [0.25, 0.3) is 0 Å². The van der Waals surface area contributed by atoms with Crippen LogP contribution < -0.4 is 4.90 Å². The standard InChI is InChI=1S/C15H24N2O/c1-16(2)14-8-6-13(7-9-14)11-17(3)12-15-5-4-10-18-15/h6-9,15H,4-5,10-12H2,1-3H3. The summed E-state index contributed by atoms with van der Waals surface area (Å²) in [7, 11) is 6.30. The van der Waals surface area contributed by atoms with E-state index < -0.39 is 0 Å². The molecule has 2 rings (SSSR count). The molecular weight excluding hydrogens is 224 g/mol. The van der Waals surface area contributed by atoms with Gasteiger partial charge in [0.2, 0.25) is 0 Å². The van der Waals surface area contributed by atoms with Crippen molar-refractivity contribution < 1.29 is 4.74 Å². The van der Waals surface area contributed by atoms with Gasteiger partial charge in [-0.25, -0.2) is 0 Å². The van der Waals surface area contributed by atoms with Gasteiger partial charge < -0.3 is 9.64 Å². The first-order valence-electron chi connectivity index (χ1n) is 6.71. The van der Waals surface area contributed by atoms with E-state index >= 15 is 0 Å². The van der Waals surface area contributed by atoms with Crippen LogP contribution >= 0.6 is 0 Å². The maximum Gasteiger partial charge on any atom is 0.0702 e. The normalized spacial score (nSPS) is 19.4. The molecule has 1 aliphatic rings. The number of hydrogen-bond donors (Lipinski definition) is 0. The number of ether oxygens (including phenoxy) is 1. The summed E-state index contributed by atoms with van der Waals surface area (Å²) >= 11 is 0. The molecule has 0 amide bonds. The van der Waals surface area contributed by atoms with E-state index in [1.807, 2.05) is 0 Å². The molecule has 0 spiro atoms. The van der Waals surface area contributed by atoms with Crippen LogP contribution in [0, 0.1) is 0 Å². The van der Waals surface area contributed by atoms with Crippen molar-refractivity contribution in [2.75, 3.05) is 39.2 Å². The highest BCUT2D eigenvalue weighted by atomic mass is 16.5. The maximum atomic E-state index is 5.66. The topological polar surface area (TPSA) is 15.7 Å². The van der Waals surface area contributed by atoms with Crippen LogP contribution in [-0.4, -0.2) is 45.3 Å². The van der Waals surface area contributed by atoms with E-state index in [-0.39, 0.29) is 0 Å². The summed E-state index contributed by atoms with van der Waals surface area (Å²) < 4.78 is 5.66. The lowest BCUT2D eigenvalue weighted by molar-refractivity contribution is 0.0793. The second kappa shape index (κ2) is 6.21. The van der Waals surface area contributed by atoms with Crippen LogP contribution in [0.25, 0.3) is 0 Å². The Bertz CT molecular complexity index is 355. The molecule has 0 radical (unpaired) electrons. The highest BCUT2D eigenvalue weighted by Crippen LogP contribution is 2.16. The second-order valence-corrected chi connectivity index (χ2v) is 5.39. The van der Waals surface area contributed by atoms with Crippen LogP contribution in [0.4, 0.5) is 5.69 Å². The number of benzene rings is 1. The molecule has 0 aliphatic carbocycles. The summed E-state index contributed by atoms with van der Waals surface area (Å²) in [5, 5.41) is 0. The van der Waals surface area contributed by atoms with Crippen molar-refractivity contribution in [1.29, 1.82) is 0 Å². The van der Waals surface area contributed by atoms with E-state index in [1.165, 1.54) is 24.1 Å². The number of anilines is 1. The highest BCUT2D eigenvalue weighted by Gasteiger charge is 2.17. The molecule has 3 nitrogen and oxygen atoms in total. The fourth-order valence-corrected chi connectivity index (χ4v) is 2.41. The number of hydrogen-bond acceptors (Lipinski definition) is 3. The molecule has 0 N–H and O–H groups in total. The smallest absolute Gasteiger partial charge is 0.0702 e. The summed E-state index contributed by atoms with van der Waals surface area (Å²) in [5.74, 6) is 0. The molecule has 1 aromatic carbocycles. The van der Waals surface area contributed by atoms with Gasteiger partial charge in [-0.2, -0.15) is 0 Å². The van der Waals surface area contributed by atoms with Gasteiger partial charge >= 0.3 is 0 Å². The summed E-state index contributed by atoms with van der Waals surface area (Å²) in [5.41, 5.74) is 2.61. The van der Waals surface area contributed by atoms with Gasteiger partial charge in [-0.1, -0.05) is 12.1 Å². The summed E-state index contributed by atoms with van der Waals surface area (Å²) in [6.45, 7) is 2.97. The average Bonchev–Trinajstić information content (AvgIpc) is 2.82. The Balaban J connectivity index is 1.84. The van der Waals surface area contributed by atoms with Gasteiger partial charge in [0.1, 0.15) is 0 Å².